The van der Waals surface area contributed by atoms with Crippen molar-refractivity contribution in [2.24, 2.45) is 15.2 Å². The summed E-state index contributed by atoms with van der Waals surface area (Å²) in [5.74, 6) is 1.58. The second-order valence-electron chi connectivity index (χ2n) is 8.70. The van der Waals surface area contributed by atoms with Crippen LogP contribution in [0.5, 0.6) is 0 Å². The zero-order chi connectivity index (χ0) is 24.9. The number of nitrogens with zero attached hydrogens (tertiary/aromatic N) is 4. The van der Waals surface area contributed by atoms with E-state index in [1.54, 1.807) is 24.3 Å². The maximum absolute atomic E-state index is 12.4. The third-order valence-electron chi connectivity index (χ3n) is 6.06. The smallest absolute Gasteiger partial charge is 0.323 e. The summed E-state index contributed by atoms with van der Waals surface area (Å²) < 4.78 is 5.52. The molecule has 3 aliphatic heterocycles. The first-order valence-electron chi connectivity index (χ1n) is 11.8. The fourth-order valence-electron chi connectivity index (χ4n) is 4.22. The number of rotatable bonds is 5. The number of aliphatic imine (C=N–C) groups is 2. The van der Waals surface area contributed by atoms with Gasteiger partial charge in [0.2, 0.25) is 0 Å². The van der Waals surface area contributed by atoms with Gasteiger partial charge in [-0.2, -0.15) is 4.91 Å². The highest BCUT2D eigenvalue weighted by Crippen LogP contribution is 2.24. The van der Waals surface area contributed by atoms with Gasteiger partial charge in [-0.1, -0.05) is 17.3 Å². The van der Waals surface area contributed by atoms with Crippen LogP contribution in [0, 0.1) is 4.91 Å². The van der Waals surface area contributed by atoms with E-state index in [1.807, 2.05) is 37.4 Å². The van der Waals surface area contributed by atoms with E-state index in [1.165, 1.54) is 0 Å². The Morgan fingerprint density at radius 3 is 2.39 bits per heavy atom. The molecule has 0 aromatic heterocycles. The van der Waals surface area contributed by atoms with Crippen molar-refractivity contribution >= 4 is 29.1 Å². The molecule has 0 saturated carbocycles. The number of hydrogen-bond donors (Lipinski definition) is 3. The van der Waals surface area contributed by atoms with Gasteiger partial charge in [0, 0.05) is 36.2 Å². The van der Waals surface area contributed by atoms with Crippen molar-refractivity contribution in [2.45, 2.75) is 19.5 Å². The van der Waals surface area contributed by atoms with Gasteiger partial charge in [0.05, 0.1) is 18.9 Å². The molecule has 2 aromatic rings. The molecule has 184 valence electrons. The topological polar surface area (TPSA) is 120 Å². The Kier molecular flexibility index (Phi) is 6.85. The number of urea groups is 1. The first-order valence-corrected chi connectivity index (χ1v) is 11.8. The van der Waals surface area contributed by atoms with E-state index in [9.17, 15) is 9.70 Å². The van der Waals surface area contributed by atoms with Gasteiger partial charge in [0.15, 0.2) is 5.84 Å². The standard InChI is InChI=1S/C26H27N7O3/c1-17-14-22-23(27-15-17)25(33-10-12-36-13-11-33)32-24(31-22)19-4-8-21(9-5-19)30-26(34)29-20-6-2-18(3-7-20)16-28-35/h2-9,14-15,23,27H,10-13,16H2,1H3,(H2,29,30,34). The van der Waals surface area contributed by atoms with Gasteiger partial charge in [0.25, 0.3) is 0 Å². The van der Waals surface area contributed by atoms with Crippen molar-refractivity contribution in [2.75, 3.05) is 36.9 Å². The second kappa shape index (κ2) is 10.5. The van der Waals surface area contributed by atoms with E-state index in [4.69, 9.17) is 14.7 Å². The minimum atomic E-state index is -0.366. The number of ether oxygens (including phenoxy) is 1. The number of carbonyl (C=O) groups excluding carboxylic acids is 1. The SMILES string of the molecule is CC1=CNC2C(=C1)N=C(c1ccc(NC(=O)Nc3ccc(CN=O)cc3)cc1)N=C2N1CCOCC1. The molecule has 2 amide bonds. The average Bonchev–Trinajstić information content (AvgIpc) is 2.90. The van der Waals surface area contributed by atoms with Gasteiger partial charge in [-0.15, -0.1) is 0 Å². The number of nitrogens with one attached hydrogen (secondary N) is 3. The van der Waals surface area contributed by atoms with Crippen LogP contribution < -0.4 is 16.0 Å². The molecule has 0 bridgehead atoms. The summed E-state index contributed by atoms with van der Waals surface area (Å²) in [5, 5.41) is 11.9. The van der Waals surface area contributed by atoms with Crippen molar-refractivity contribution in [3.05, 3.63) is 88.1 Å². The molecule has 1 saturated heterocycles. The molecule has 0 spiro atoms. The van der Waals surface area contributed by atoms with Gasteiger partial charge in [-0.3, -0.25) is 0 Å². The number of amidine groups is 2. The summed E-state index contributed by atoms with van der Waals surface area (Å²) in [5.41, 5.74) is 4.94. The van der Waals surface area contributed by atoms with Crippen LogP contribution in [0.2, 0.25) is 0 Å². The number of hydrogen-bond acceptors (Lipinski definition) is 8. The highest BCUT2D eigenvalue weighted by atomic mass is 16.5. The summed E-state index contributed by atoms with van der Waals surface area (Å²) in [7, 11) is 0. The number of allylic oxidation sites excluding steroid dienone is 2. The van der Waals surface area contributed by atoms with Crippen LogP contribution in [0.3, 0.4) is 0 Å². The quantitative estimate of drug-likeness (QED) is 0.556. The zero-order valence-corrected chi connectivity index (χ0v) is 19.9. The first-order chi connectivity index (χ1) is 17.6. The average molecular weight is 486 g/mol. The van der Waals surface area contributed by atoms with E-state index in [-0.39, 0.29) is 18.6 Å². The predicted octanol–water partition coefficient (Wildman–Crippen LogP) is 3.85. The van der Waals surface area contributed by atoms with E-state index in [0.29, 0.717) is 30.4 Å². The normalized spacial score (nSPS) is 19.0. The molecule has 10 nitrogen and oxygen atoms in total. The van der Waals surface area contributed by atoms with Crippen LogP contribution in [0.4, 0.5) is 16.2 Å². The number of nitroso groups, excluding NO2 is 1. The molecule has 10 heteroatoms. The summed E-state index contributed by atoms with van der Waals surface area (Å²) in [4.78, 5) is 34.8. The van der Waals surface area contributed by atoms with Gasteiger partial charge in [-0.05, 0) is 60.5 Å². The Hall–Kier alpha value is -4.31. The van der Waals surface area contributed by atoms with E-state index >= 15 is 0 Å². The molecule has 0 radical (unpaired) electrons. The lowest BCUT2D eigenvalue weighted by atomic mass is 10.0. The number of benzene rings is 2. The highest BCUT2D eigenvalue weighted by Gasteiger charge is 2.31. The first kappa shape index (κ1) is 23.4. The second-order valence-corrected chi connectivity index (χ2v) is 8.70. The van der Waals surface area contributed by atoms with Crippen LogP contribution >= 0.6 is 0 Å². The molecular formula is C26H27N7O3. The highest BCUT2D eigenvalue weighted by molar-refractivity contribution is 6.11. The number of morpholine rings is 1. The number of carbonyl (C=O) groups is 1. The molecular weight excluding hydrogens is 458 g/mol. The van der Waals surface area contributed by atoms with E-state index in [2.05, 4.69) is 32.1 Å². The number of amides is 2. The van der Waals surface area contributed by atoms with Crippen molar-refractivity contribution in [3.8, 4) is 0 Å². The van der Waals surface area contributed by atoms with Crippen molar-refractivity contribution in [1.82, 2.24) is 10.2 Å². The maximum Gasteiger partial charge on any atom is 0.323 e. The third-order valence-corrected chi connectivity index (χ3v) is 6.06. The number of dihydropyridines is 1. The minimum absolute atomic E-state index is 0.0797. The monoisotopic (exact) mass is 485 g/mol. The lowest BCUT2D eigenvalue weighted by Gasteiger charge is -2.36. The van der Waals surface area contributed by atoms with Crippen LogP contribution in [-0.4, -0.2) is 54.9 Å². The van der Waals surface area contributed by atoms with Crippen LogP contribution in [0.25, 0.3) is 0 Å². The molecule has 3 aliphatic rings. The Bertz CT molecular complexity index is 1260. The van der Waals surface area contributed by atoms with Crippen LogP contribution in [0.1, 0.15) is 18.1 Å². The van der Waals surface area contributed by atoms with Crippen LogP contribution in [0.15, 0.2) is 87.2 Å². The van der Waals surface area contributed by atoms with E-state index < -0.39 is 0 Å². The van der Waals surface area contributed by atoms with E-state index in [0.717, 1.165) is 41.3 Å². The molecule has 3 N–H and O–H groups in total. The summed E-state index contributed by atoms with van der Waals surface area (Å²) >= 11 is 0. The van der Waals surface area contributed by atoms with Gasteiger partial charge >= 0.3 is 6.03 Å². The molecule has 1 fully saturated rings. The Balaban J connectivity index is 1.30. The van der Waals surface area contributed by atoms with Gasteiger partial charge in [-0.25, -0.2) is 14.8 Å². The van der Waals surface area contributed by atoms with Crippen molar-refractivity contribution < 1.29 is 9.53 Å². The van der Waals surface area contributed by atoms with Crippen molar-refractivity contribution in [3.63, 3.8) is 0 Å². The largest absolute Gasteiger partial charge is 0.378 e. The molecule has 2 aromatic carbocycles. The van der Waals surface area contributed by atoms with Gasteiger partial charge in [0.1, 0.15) is 18.4 Å². The predicted molar refractivity (Wildman–Crippen MR) is 140 cm³/mol. The van der Waals surface area contributed by atoms with Crippen molar-refractivity contribution in [1.29, 1.82) is 0 Å². The fourth-order valence-corrected chi connectivity index (χ4v) is 4.22. The number of anilines is 2. The third kappa shape index (κ3) is 5.33. The summed E-state index contributed by atoms with van der Waals surface area (Å²) in [6.45, 7) is 5.06. The maximum atomic E-state index is 12.4. The Morgan fingerprint density at radius 1 is 1.06 bits per heavy atom. The Morgan fingerprint density at radius 2 is 1.72 bits per heavy atom. The van der Waals surface area contributed by atoms with Gasteiger partial charge < -0.3 is 25.6 Å². The van der Waals surface area contributed by atoms with Crippen LogP contribution in [-0.2, 0) is 11.3 Å². The Labute approximate surface area is 208 Å². The lowest BCUT2D eigenvalue weighted by Crippen LogP contribution is -2.52. The summed E-state index contributed by atoms with van der Waals surface area (Å²) in [6, 6.07) is 14.0. The molecule has 3 heterocycles. The number of fused-ring (bicyclic) bond motifs is 1. The molecule has 1 unspecified atom stereocenters. The zero-order valence-electron chi connectivity index (χ0n) is 19.9. The molecule has 5 rings (SSSR count). The molecule has 1 atom stereocenters. The molecule has 0 aliphatic carbocycles. The lowest BCUT2D eigenvalue weighted by molar-refractivity contribution is 0.0668. The molecule has 36 heavy (non-hydrogen) atoms. The fraction of sp³-hybridized carbons (Fsp3) is 0.269. The minimum Gasteiger partial charge on any atom is -0.378 e. The summed E-state index contributed by atoms with van der Waals surface area (Å²) in [6.07, 6.45) is 4.07.